The minimum Gasteiger partial charge on any atom is -0.303 e. The van der Waals surface area contributed by atoms with E-state index in [-0.39, 0.29) is 11.1 Å². The van der Waals surface area contributed by atoms with Gasteiger partial charge in [0, 0.05) is 11.1 Å². The zero-order chi connectivity index (χ0) is 15.3. The van der Waals surface area contributed by atoms with E-state index in [2.05, 4.69) is 44.1 Å². The smallest absolute Gasteiger partial charge is 0.178 e. The minimum atomic E-state index is -0.0601. The lowest BCUT2D eigenvalue weighted by atomic mass is 9.82. The monoisotopic (exact) mass is 301 g/mol. The molecule has 0 aliphatic carbocycles. The van der Waals surface area contributed by atoms with Gasteiger partial charge in [-0.05, 0) is 51.8 Å². The van der Waals surface area contributed by atoms with Crippen LogP contribution in [0.2, 0.25) is 0 Å². The van der Waals surface area contributed by atoms with Crippen LogP contribution in [0, 0.1) is 0 Å². The summed E-state index contributed by atoms with van der Waals surface area (Å²) in [4.78, 5) is 20.6. The number of aldehydes is 1. The molecule has 0 atom stereocenters. The molecule has 1 aliphatic rings. The second kappa shape index (κ2) is 4.71. The Hall–Kier alpha value is -1.59. The first kappa shape index (κ1) is 14.4. The maximum absolute atomic E-state index is 10.8. The number of hydrogen-bond donors (Lipinski definition) is 1. The number of fused-ring (bicyclic) bond motifs is 1. The molecule has 0 aromatic carbocycles. The van der Waals surface area contributed by atoms with Gasteiger partial charge in [0.15, 0.2) is 11.3 Å². The topological polar surface area (TPSA) is 54.9 Å². The van der Waals surface area contributed by atoms with E-state index in [1.807, 2.05) is 12.1 Å². The van der Waals surface area contributed by atoms with Crippen molar-refractivity contribution in [2.75, 3.05) is 0 Å². The summed E-state index contributed by atoms with van der Waals surface area (Å²) in [5.74, 6) is 0. The third kappa shape index (κ3) is 2.89. The average Bonchev–Trinajstić information content (AvgIpc) is 2.76. The lowest BCUT2D eigenvalue weighted by molar-refractivity contribution is 0.112. The predicted octanol–water partition coefficient (Wildman–Crippen LogP) is 3.44. The summed E-state index contributed by atoms with van der Waals surface area (Å²) in [6.07, 6.45) is 3.95. The summed E-state index contributed by atoms with van der Waals surface area (Å²) < 4.78 is 0. The van der Waals surface area contributed by atoms with Gasteiger partial charge < -0.3 is 5.32 Å². The van der Waals surface area contributed by atoms with Crippen LogP contribution in [0.1, 0.15) is 49.6 Å². The van der Waals surface area contributed by atoms with E-state index in [1.165, 1.54) is 16.9 Å². The van der Waals surface area contributed by atoms with Gasteiger partial charge >= 0.3 is 0 Å². The van der Waals surface area contributed by atoms with Gasteiger partial charge in [0.1, 0.15) is 10.3 Å². The summed E-state index contributed by atoms with van der Waals surface area (Å²) in [6.45, 7) is 8.75. The van der Waals surface area contributed by atoms with Gasteiger partial charge in [-0.15, -0.1) is 0 Å². The van der Waals surface area contributed by atoms with Gasteiger partial charge in [-0.1, -0.05) is 17.4 Å². The van der Waals surface area contributed by atoms with E-state index < -0.39 is 0 Å². The Morgan fingerprint density at radius 2 is 2.00 bits per heavy atom. The van der Waals surface area contributed by atoms with Crippen molar-refractivity contribution in [3.8, 4) is 0 Å². The highest BCUT2D eigenvalue weighted by Crippen LogP contribution is 2.33. The number of carbonyl (C=O) groups is 1. The van der Waals surface area contributed by atoms with Crippen molar-refractivity contribution >= 4 is 33.5 Å². The summed E-state index contributed by atoms with van der Waals surface area (Å²) in [6, 6.07) is 3.95. The van der Waals surface area contributed by atoms with Gasteiger partial charge in [-0.3, -0.25) is 4.79 Å². The molecule has 2 aromatic rings. The van der Waals surface area contributed by atoms with Gasteiger partial charge in [-0.2, -0.15) is 0 Å². The van der Waals surface area contributed by atoms with Crippen molar-refractivity contribution in [2.24, 2.45) is 0 Å². The van der Waals surface area contributed by atoms with Crippen molar-refractivity contribution in [1.82, 2.24) is 15.3 Å². The molecule has 0 unspecified atom stereocenters. The standard InChI is InChI=1S/C16H19N3OS/c1-15(2)7-10(8-16(3,4)19-15)11-5-6-12-14(18-11)21-13(9-20)17-12/h5-7,9,19H,8H2,1-4H3. The van der Waals surface area contributed by atoms with Crippen LogP contribution in [-0.2, 0) is 0 Å². The maximum Gasteiger partial charge on any atom is 0.178 e. The van der Waals surface area contributed by atoms with Gasteiger partial charge in [-0.25, -0.2) is 9.97 Å². The Kier molecular flexibility index (Phi) is 3.22. The number of carbonyl (C=O) groups excluding carboxylic acids is 1. The van der Waals surface area contributed by atoms with E-state index >= 15 is 0 Å². The van der Waals surface area contributed by atoms with Crippen LogP contribution >= 0.6 is 11.3 Å². The average molecular weight is 301 g/mol. The normalized spacial score (nSPS) is 20.3. The number of nitrogens with one attached hydrogen (secondary N) is 1. The SMILES string of the molecule is CC1(C)C=C(c2ccc3nc(C=O)sc3n2)CC(C)(C)N1. The first-order valence-electron chi connectivity index (χ1n) is 7.02. The number of rotatable bonds is 2. The van der Waals surface area contributed by atoms with Crippen molar-refractivity contribution in [3.63, 3.8) is 0 Å². The maximum atomic E-state index is 10.8. The molecule has 110 valence electrons. The van der Waals surface area contributed by atoms with Crippen LogP contribution in [-0.4, -0.2) is 27.3 Å². The van der Waals surface area contributed by atoms with Gasteiger partial charge in [0.25, 0.3) is 0 Å². The number of aromatic nitrogens is 2. The number of hydrogen-bond acceptors (Lipinski definition) is 5. The van der Waals surface area contributed by atoms with Gasteiger partial charge in [0.05, 0.1) is 5.69 Å². The van der Waals surface area contributed by atoms with Crippen LogP contribution in [0.5, 0.6) is 0 Å². The fourth-order valence-corrected chi connectivity index (χ4v) is 3.90. The first-order chi connectivity index (χ1) is 9.78. The lowest BCUT2D eigenvalue weighted by Crippen LogP contribution is -2.53. The molecule has 0 amide bonds. The molecule has 0 radical (unpaired) electrons. The summed E-state index contributed by atoms with van der Waals surface area (Å²) in [7, 11) is 0. The summed E-state index contributed by atoms with van der Waals surface area (Å²) in [5, 5.41) is 4.10. The molecular weight excluding hydrogens is 282 g/mol. The van der Waals surface area contributed by atoms with Crippen molar-refractivity contribution in [2.45, 2.75) is 45.2 Å². The van der Waals surface area contributed by atoms with Gasteiger partial charge in [0.2, 0.25) is 0 Å². The third-order valence-electron chi connectivity index (χ3n) is 3.53. The molecule has 21 heavy (non-hydrogen) atoms. The molecule has 1 N–H and O–H groups in total. The molecule has 0 fully saturated rings. The fourth-order valence-electron chi connectivity index (χ4n) is 3.14. The Morgan fingerprint density at radius 1 is 1.24 bits per heavy atom. The molecule has 1 aliphatic heterocycles. The zero-order valence-electron chi connectivity index (χ0n) is 12.7. The van der Waals surface area contributed by atoms with Crippen molar-refractivity contribution < 1.29 is 4.79 Å². The highest BCUT2D eigenvalue weighted by molar-refractivity contribution is 7.19. The second-order valence-electron chi connectivity index (χ2n) is 6.77. The highest BCUT2D eigenvalue weighted by Gasteiger charge is 2.32. The minimum absolute atomic E-state index is 0.0336. The zero-order valence-corrected chi connectivity index (χ0v) is 13.5. The molecule has 3 heterocycles. The Labute approximate surface area is 128 Å². The van der Waals surface area contributed by atoms with E-state index in [9.17, 15) is 4.79 Å². The molecular formula is C16H19N3OS. The third-order valence-corrected chi connectivity index (χ3v) is 4.42. The highest BCUT2D eigenvalue weighted by atomic mass is 32.1. The molecule has 0 saturated heterocycles. The van der Waals surface area contributed by atoms with Crippen molar-refractivity contribution in [1.29, 1.82) is 0 Å². The van der Waals surface area contributed by atoms with E-state index in [1.54, 1.807) is 0 Å². The molecule has 4 nitrogen and oxygen atoms in total. The predicted molar refractivity (Wildman–Crippen MR) is 86.7 cm³/mol. The molecule has 0 spiro atoms. The van der Waals surface area contributed by atoms with Crippen LogP contribution in [0.3, 0.4) is 0 Å². The van der Waals surface area contributed by atoms with E-state index in [0.717, 1.165) is 28.7 Å². The Balaban J connectivity index is 2.07. The molecule has 2 aromatic heterocycles. The molecule has 5 heteroatoms. The summed E-state index contributed by atoms with van der Waals surface area (Å²) >= 11 is 1.34. The second-order valence-corrected chi connectivity index (χ2v) is 7.78. The molecule has 0 saturated carbocycles. The largest absolute Gasteiger partial charge is 0.303 e. The molecule has 3 rings (SSSR count). The fraction of sp³-hybridized carbons (Fsp3) is 0.438. The van der Waals surface area contributed by atoms with Crippen LogP contribution in [0.4, 0.5) is 0 Å². The van der Waals surface area contributed by atoms with Crippen LogP contribution < -0.4 is 5.32 Å². The quantitative estimate of drug-likeness (QED) is 0.863. The van der Waals surface area contributed by atoms with E-state index in [4.69, 9.17) is 4.98 Å². The number of thiazole rings is 1. The number of nitrogens with zero attached hydrogens (tertiary/aromatic N) is 2. The van der Waals surface area contributed by atoms with Crippen LogP contribution in [0.15, 0.2) is 18.2 Å². The summed E-state index contributed by atoms with van der Waals surface area (Å²) in [5.41, 5.74) is 2.98. The van der Waals surface area contributed by atoms with Crippen molar-refractivity contribution in [3.05, 3.63) is 28.9 Å². The lowest BCUT2D eigenvalue weighted by Gasteiger charge is -2.41. The van der Waals surface area contributed by atoms with E-state index in [0.29, 0.717) is 5.01 Å². The molecule has 0 bridgehead atoms. The van der Waals surface area contributed by atoms with Crippen LogP contribution in [0.25, 0.3) is 15.9 Å². The Bertz CT molecular complexity index is 743. The first-order valence-corrected chi connectivity index (χ1v) is 7.84. The number of pyridine rings is 1. The Morgan fingerprint density at radius 3 is 2.67 bits per heavy atom.